The topological polar surface area (TPSA) is 88.1 Å². The van der Waals surface area contributed by atoms with E-state index in [1.807, 2.05) is 38.1 Å². The predicted molar refractivity (Wildman–Crippen MR) is 138 cm³/mol. The van der Waals surface area contributed by atoms with Crippen LogP contribution in [-0.2, 0) is 0 Å². The number of methoxy groups -OCH3 is 1. The molecule has 35 heavy (non-hydrogen) atoms. The number of nitrogens with zero attached hydrogens (tertiary/aromatic N) is 5. The van der Waals surface area contributed by atoms with Crippen LogP contribution in [0, 0.1) is 25.1 Å². The van der Waals surface area contributed by atoms with Gasteiger partial charge in [0.05, 0.1) is 23.8 Å². The Morgan fingerprint density at radius 2 is 1.86 bits per heavy atom. The van der Waals surface area contributed by atoms with Crippen LogP contribution in [0.25, 0.3) is 33.4 Å². The summed E-state index contributed by atoms with van der Waals surface area (Å²) >= 11 is 0. The van der Waals surface area contributed by atoms with Crippen LogP contribution in [-0.4, -0.2) is 41.9 Å². The zero-order valence-electron chi connectivity index (χ0n) is 20.4. The number of fused-ring (bicyclic) bond motifs is 2. The van der Waals surface area contributed by atoms with Gasteiger partial charge >= 0.3 is 0 Å². The maximum atomic E-state index is 9.74. The van der Waals surface area contributed by atoms with Crippen molar-refractivity contribution >= 4 is 34.7 Å². The van der Waals surface area contributed by atoms with Crippen LogP contribution in [0.15, 0.2) is 34.7 Å². The Kier molecular flexibility index (Phi) is 5.36. The largest absolute Gasteiger partial charge is 0.496 e. The van der Waals surface area contributed by atoms with E-state index in [1.54, 1.807) is 7.11 Å². The van der Waals surface area contributed by atoms with Crippen molar-refractivity contribution < 1.29 is 9.15 Å². The summed E-state index contributed by atoms with van der Waals surface area (Å²) < 4.78 is 11.5. The second-order valence-electron chi connectivity index (χ2n) is 9.91. The molecular weight excluding hydrogens is 437 g/mol. The van der Waals surface area contributed by atoms with Crippen LogP contribution in [0.3, 0.4) is 0 Å². The molecule has 0 N–H and O–H groups in total. The van der Waals surface area contributed by atoms with Crippen molar-refractivity contribution in [2.75, 3.05) is 25.1 Å². The van der Waals surface area contributed by atoms with Gasteiger partial charge in [-0.1, -0.05) is 19.3 Å². The number of pyridine rings is 2. The molecule has 0 spiro atoms. The number of rotatable bonds is 5. The molecule has 2 fully saturated rings. The number of nitriles is 1. The van der Waals surface area contributed by atoms with Gasteiger partial charge in [0.1, 0.15) is 17.1 Å². The fraction of sp³-hybridized carbons (Fsp3) is 0.407. The van der Waals surface area contributed by atoms with E-state index in [9.17, 15) is 5.26 Å². The fourth-order valence-corrected chi connectivity index (χ4v) is 5.78. The van der Waals surface area contributed by atoms with Crippen molar-refractivity contribution in [3.63, 3.8) is 0 Å². The van der Waals surface area contributed by atoms with Gasteiger partial charge in [0.15, 0.2) is 11.5 Å². The van der Waals surface area contributed by atoms with Crippen molar-refractivity contribution in [1.82, 2.24) is 15.0 Å². The third kappa shape index (κ3) is 3.70. The minimum Gasteiger partial charge on any atom is -0.496 e. The van der Waals surface area contributed by atoms with Gasteiger partial charge in [0.2, 0.25) is 0 Å². The highest BCUT2D eigenvalue weighted by Crippen LogP contribution is 2.42. The normalized spacial score (nSPS) is 18.1. The van der Waals surface area contributed by atoms with Crippen LogP contribution in [0.1, 0.15) is 37.1 Å². The molecule has 7 nitrogen and oxygen atoms in total. The van der Waals surface area contributed by atoms with E-state index in [0.717, 1.165) is 70.0 Å². The third-order valence-electron chi connectivity index (χ3n) is 7.85. The first-order valence-electron chi connectivity index (χ1n) is 12.4. The van der Waals surface area contributed by atoms with E-state index in [2.05, 4.69) is 21.9 Å². The van der Waals surface area contributed by atoms with Crippen molar-refractivity contribution in [3.8, 4) is 23.0 Å². The number of ether oxygens (including phenoxy) is 1. The van der Waals surface area contributed by atoms with Gasteiger partial charge in [-0.2, -0.15) is 0 Å². The van der Waals surface area contributed by atoms with Crippen molar-refractivity contribution in [1.29, 1.82) is 5.26 Å². The van der Waals surface area contributed by atoms with Crippen LogP contribution in [0.2, 0.25) is 11.6 Å². The summed E-state index contributed by atoms with van der Waals surface area (Å²) in [4.78, 5) is 16.7. The molecule has 1 saturated carbocycles. The number of hydrogen-bond acceptors (Lipinski definition) is 7. The van der Waals surface area contributed by atoms with E-state index in [-0.39, 0.29) is 6.71 Å². The summed E-state index contributed by atoms with van der Waals surface area (Å²) in [6.45, 7) is 5.88. The highest BCUT2D eigenvalue weighted by atomic mass is 16.5. The average molecular weight is 465 g/mol. The minimum atomic E-state index is 0.183. The van der Waals surface area contributed by atoms with E-state index in [4.69, 9.17) is 19.1 Å². The molecule has 4 aromatic rings. The lowest BCUT2D eigenvalue weighted by Crippen LogP contribution is -2.32. The van der Waals surface area contributed by atoms with Crippen LogP contribution in [0.4, 0.5) is 5.82 Å². The van der Waals surface area contributed by atoms with Crippen LogP contribution < -0.4 is 9.64 Å². The van der Waals surface area contributed by atoms with Crippen molar-refractivity contribution in [2.24, 2.45) is 0 Å². The number of benzene rings is 1. The number of anilines is 1. The standard InChI is InChI=1S/C27H28BN5O2/c1-16-26-24(35-17(2)30-26)13-20(27(16)34-3)21-7-8-23-22(31-21)9-10-25(32-23)33-12-11-19(14-33)28(15-29)18-5-4-6-18/h7-10,13,18-19H,4-6,11-12,14H2,1-3H3. The number of oxazole rings is 1. The van der Waals surface area contributed by atoms with Gasteiger partial charge in [-0.25, -0.2) is 20.2 Å². The molecule has 1 saturated heterocycles. The summed E-state index contributed by atoms with van der Waals surface area (Å²) in [5.41, 5.74) is 5.86. The lowest BCUT2D eigenvalue weighted by molar-refractivity contribution is 0.414. The molecule has 1 aliphatic carbocycles. The molecule has 0 amide bonds. The molecule has 1 unspecified atom stereocenters. The SMILES string of the molecule is COc1c(-c2ccc3nc(N4CCC(B(C#N)C5CCC5)C4)ccc3n2)cc2oc(C)nc2c1C. The van der Waals surface area contributed by atoms with E-state index >= 15 is 0 Å². The zero-order valence-corrected chi connectivity index (χ0v) is 20.4. The summed E-state index contributed by atoms with van der Waals surface area (Å²) in [5.74, 6) is 6.00. The van der Waals surface area contributed by atoms with E-state index in [1.165, 1.54) is 19.3 Å². The Balaban J connectivity index is 1.30. The summed E-state index contributed by atoms with van der Waals surface area (Å²) in [7, 11) is 1.67. The highest BCUT2D eigenvalue weighted by Gasteiger charge is 2.40. The average Bonchev–Trinajstić information content (AvgIpc) is 3.47. The monoisotopic (exact) mass is 465 g/mol. The second-order valence-corrected chi connectivity index (χ2v) is 9.91. The van der Waals surface area contributed by atoms with E-state index < -0.39 is 0 Å². The first-order chi connectivity index (χ1) is 17.1. The Hall–Kier alpha value is -3.60. The van der Waals surface area contributed by atoms with Crippen LogP contribution >= 0.6 is 0 Å². The Bertz CT molecular complexity index is 1470. The van der Waals surface area contributed by atoms with Gasteiger partial charge in [0.25, 0.3) is 6.71 Å². The fourth-order valence-electron chi connectivity index (χ4n) is 5.78. The van der Waals surface area contributed by atoms with Gasteiger partial charge in [-0.05, 0) is 55.3 Å². The molecule has 8 heteroatoms. The van der Waals surface area contributed by atoms with Crippen LogP contribution in [0.5, 0.6) is 5.75 Å². The second kappa shape index (κ2) is 8.56. The maximum Gasteiger partial charge on any atom is 0.275 e. The smallest absolute Gasteiger partial charge is 0.275 e. The number of aryl methyl sites for hydroxylation is 2. The zero-order chi connectivity index (χ0) is 24.1. The minimum absolute atomic E-state index is 0.183. The molecule has 1 aliphatic heterocycles. The third-order valence-corrected chi connectivity index (χ3v) is 7.85. The maximum absolute atomic E-state index is 9.74. The molecule has 3 aromatic heterocycles. The van der Waals surface area contributed by atoms with Gasteiger partial charge in [-0.3, -0.25) is 0 Å². The summed E-state index contributed by atoms with van der Waals surface area (Å²) in [6, 6.07) is 10.1. The molecule has 0 radical (unpaired) electrons. The molecule has 6 rings (SSSR count). The molecule has 2 aliphatic rings. The number of aromatic nitrogens is 3. The summed E-state index contributed by atoms with van der Waals surface area (Å²) in [6.07, 6.45) is 4.76. The molecule has 1 atom stereocenters. The molecule has 0 bridgehead atoms. The quantitative estimate of drug-likeness (QED) is 0.347. The number of hydrogen-bond donors (Lipinski definition) is 0. The Morgan fingerprint density at radius 1 is 1.06 bits per heavy atom. The first-order valence-corrected chi connectivity index (χ1v) is 12.4. The lowest BCUT2D eigenvalue weighted by Gasteiger charge is -2.30. The molecular formula is C27H28BN5O2. The molecule has 4 heterocycles. The first kappa shape index (κ1) is 21.9. The molecule has 176 valence electrons. The predicted octanol–water partition coefficient (Wildman–Crippen LogP) is 5.76. The van der Waals surface area contributed by atoms with Gasteiger partial charge in [-0.15, -0.1) is 0 Å². The van der Waals surface area contributed by atoms with Gasteiger partial charge in [0, 0.05) is 37.1 Å². The lowest BCUT2D eigenvalue weighted by atomic mass is 9.31. The van der Waals surface area contributed by atoms with Crippen molar-refractivity contribution in [3.05, 3.63) is 41.8 Å². The van der Waals surface area contributed by atoms with Gasteiger partial charge < -0.3 is 14.1 Å². The summed E-state index contributed by atoms with van der Waals surface area (Å²) in [5, 5.41) is 9.74. The van der Waals surface area contributed by atoms with Crippen molar-refractivity contribution in [2.45, 2.75) is 51.2 Å². The molecule has 1 aromatic carbocycles. The Labute approximate surface area is 205 Å². The van der Waals surface area contributed by atoms with E-state index in [0.29, 0.717) is 17.5 Å². The highest BCUT2D eigenvalue weighted by molar-refractivity contribution is 6.70. The Morgan fingerprint density at radius 3 is 2.60 bits per heavy atom.